The summed E-state index contributed by atoms with van der Waals surface area (Å²) in [4.78, 5) is 14.7. The standard InChI is InChI=1S/C21H22FN3O2/c1-24(14-17-6-5-13-27-17)21(26)20-18-7-3-2-4-8-19(18)25(23-20)16-11-9-15(22)10-12-16/h5-6,9-13H,2-4,7-8,14H2,1H3. The van der Waals surface area contributed by atoms with E-state index in [1.54, 1.807) is 30.3 Å². The number of carbonyl (C=O) groups excluding carboxylic acids is 1. The van der Waals surface area contributed by atoms with Gasteiger partial charge in [-0.2, -0.15) is 5.10 Å². The second-order valence-electron chi connectivity index (χ2n) is 6.96. The van der Waals surface area contributed by atoms with E-state index in [0.717, 1.165) is 54.8 Å². The van der Waals surface area contributed by atoms with Crippen LogP contribution in [0, 0.1) is 5.82 Å². The van der Waals surface area contributed by atoms with Gasteiger partial charge in [0.2, 0.25) is 0 Å². The number of amides is 1. The van der Waals surface area contributed by atoms with E-state index in [-0.39, 0.29) is 11.7 Å². The molecule has 0 saturated heterocycles. The molecule has 0 saturated carbocycles. The normalized spacial score (nSPS) is 13.9. The van der Waals surface area contributed by atoms with E-state index in [1.807, 2.05) is 16.8 Å². The molecule has 0 atom stereocenters. The summed E-state index contributed by atoms with van der Waals surface area (Å²) in [7, 11) is 1.75. The van der Waals surface area contributed by atoms with Crippen molar-refractivity contribution in [3.63, 3.8) is 0 Å². The van der Waals surface area contributed by atoms with Gasteiger partial charge in [-0.1, -0.05) is 6.42 Å². The van der Waals surface area contributed by atoms with Crippen LogP contribution in [0.3, 0.4) is 0 Å². The summed E-state index contributed by atoms with van der Waals surface area (Å²) in [6.45, 7) is 0.393. The van der Waals surface area contributed by atoms with Crippen molar-refractivity contribution in [2.75, 3.05) is 7.05 Å². The van der Waals surface area contributed by atoms with Gasteiger partial charge in [-0.25, -0.2) is 9.07 Å². The molecule has 4 rings (SSSR count). The van der Waals surface area contributed by atoms with Crippen LogP contribution in [-0.2, 0) is 19.4 Å². The van der Waals surface area contributed by atoms with E-state index in [1.165, 1.54) is 12.1 Å². The van der Waals surface area contributed by atoms with Crippen molar-refractivity contribution in [2.24, 2.45) is 0 Å². The minimum absolute atomic E-state index is 0.120. The van der Waals surface area contributed by atoms with Gasteiger partial charge >= 0.3 is 0 Å². The number of rotatable bonds is 4. The number of benzene rings is 1. The first-order valence-corrected chi connectivity index (χ1v) is 9.28. The third-order valence-corrected chi connectivity index (χ3v) is 5.02. The summed E-state index contributed by atoms with van der Waals surface area (Å²) >= 11 is 0. The van der Waals surface area contributed by atoms with Crippen LogP contribution in [0.25, 0.3) is 5.69 Å². The molecule has 1 aliphatic rings. The zero-order chi connectivity index (χ0) is 18.8. The van der Waals surface area contributed by atoms with Gasteiger partial charge in [0.25, 0.3) is 5.91 Å². The Morgan fingerprint density at radius 1 is 1.19 bits per heavy atom. The average Bonchev–Trinajstić information content (AvgIpc) is 3.23. The van der Waals surface area contributed by atoms with Gasteiger partial charge in [0.15, 0.2) is 5.69 Å². The molecule has 27 heavy (non-hydrogen) atoms. The highest BCUT2D eigenvalue weighted by Crippen LogP contribution is 2.27. The maximum Gasteiger partial charge on any atom is 0.274 e. The van der Waals surface area contributed by atoms with Gasteiger partial charge < -0.3 is 9.32 Å². The first kappa shape index (κ1) is 17.5. The SMILES string of the molecule is CN(Cc1ccco1)C(=O)c1nn(-c2ccc(F)cc2)c2c1CCCCC2. The predicted octanol–water partition coefficient (Wildman–Crippen LogP) is 4.15. The number of hydrogen-bond donors (Lipinski definition) is 0. The fourth-order valence-electron chi connectivity index (χ4n) is 3.63. The van der Waals surface area contributed by atoms with Crippen molar-refractivity contribution >= 4 is 5.91 Å². The van der Waals surface area contributed by atoms with Crippen LogP contribution in [0.15, 0.2) is 47.1 Å². The molecule has 0 N–H and O–H groups in total. The molecule has 0 unspecified atom stereocenters. The van der Waals surface area contributed by atoms with Crippen LogP contribution in [0.1, 0.15) is 46.8 Å². The summed E-state index contributed by atoms with van der Waals surface area (Å²) in [6, 6.07) is 9.91. The molecule has 2 aromatic heterocycles. The Labute approximate surface area is 157 Å². The van der Waals surface area contributed by atoms with Crippen molar-refractivity contribution in [3.8, 4) is 5.69 Å². The molecule has 1 amide bonds. The maximum atomic E-state index is 13.3. The number of carbonyl (C=O) groups is 1. The fourth-order valence-corrected chi connectivity index (χ4v) is 3.63. The highest BCUT2D eigenvalue weighted by atomic mass is 19.1. The monoisotopic (exact) mass is 367 g/mol. The Bertz CT molecular complexity index is 929. The van der Waals surface area contributed by atoms with Gasteiger partial charge in [0, 0.05) is 18.3 Å². The fraction of sp³-hybridized carbons (Fsp3) is 0.333. The first-order chi connectivity index (χ1) is 13.1. The van der Waals surface area contributed by atoms with E-state index in [9.17, 15) is 9.18 Å². The van der Waals surface area contributed by atoms with E-state index in [0.29, 0.717) is 12.2 Å². The number of fused-ring (bicyclic) bond motifs is 1. The van der Waals surface area contributed by atoms with Crippen molar-refractivity contribution in [1.29, 1.82) is 0 Å². The number of furan rings is 1. The lowest BCUT2D eigenvalue weighted by Crippen LogP contribution is -2.27. The predicted molar refractivity (Wildman–Crippen MR) is 99.3 cm³/mol. The Morgan fingerprint density at radius 3 is 2.70 bits per heavy atom. The van der Waals surface area contributed by atoms with E-state index < -0.39 is 0 Å². The van der Waals surface area contributed by atoms with E-state index >= 15 is 0 Å². The molecule has 1 aliphatic carbocycles. The number of aromatic nitrogens is 2. The maximum absolute atomic E-state index is 13.3. The molecule has 5 nitrogen and oxygen atoms in total. The summed E-state index contributed by atoms with van der Waals surface area (Å²) in [6.07, 6.45) is 6.55. The second kappa shape index (κ2) is 7.39. The van der Waals surface area contributed by atoms with Gasteiger partial charge in [-0.05, 0) is 62.1 Å². The molecule has 0 aliphatic heterocycles. The van der Waals surface area contributed by atoms with Crippen LogP contribution in [0.4, 0.5) is 4.39 Å². The zero-order valence-electron chi connectivity index (χ0n) is 15.3. The van der Waals surface area contributed by atoms with Crippen LogP contribution in [0.2, 0.25) is 0 Å². The topological polar surface area (TPSA) is 51.3 Å². The Morgan fingerprint density at radius 2 is 1.96 bits per heavy atom. The summed E-state index contributed by atoms with van der Waals surface area (Å²) in [5.74, 6) is 0.326. The lowest BCUT2D eigenvalue weighted by Gasteiger charge is -2.15. The van der Waals surface area contributed by atoms with Crippen LogP contribution in [-0.4, -0.2) is 27.6 Å². The molecular weight excluding hydrogens is 345 g/mol. The molecule has 6 heteroatoms. The Hall–Kier alpha value is -2.89. The quantitative estimate of drug-likeness (QED) is 0.651. The Kier molecular flexibility index (Phi) is 4.79. The third kappa shape index (κ3) is 3.52. The van der Waals surface area contributed by atoms with Crippen molar-refractivity contribution in [2.45, 2.75) is 38.6 Å². The molecule has 2 heterocycles. The minimum atomic E-state index is -0.286. The lowest BCUT2D eigenvalue weighted by molar-refractivity contribution is 0.0768. The number of halogens is 1. The van der Waals surface area contributed by atoms with Crippen LogP contribution in [0.5, 0.6) is 0 Å². The number of hydrogen-bond acceptors (Lipinski definition) is 3. The molecule has 0 bridgehead atoms. The molecule has 3 aromatic rings. The van der Waals surface area contributed by atoms with Crippen molar-refractivity contribution in [1.82, 2.24) is 14.7 Å². The van der Waals surface area contributed by atoms with Gasteiger partial charge in [-0.15, -0.1) is 0 Å². The first-order valence-electron chi connectivity index (χ1n) is 9.28. The molecule has 0 spiro atoms. The van der Waals surface area contributed by atoms with Crippen LogP contribution >= 0.6 is 0 Å². The zero-order valence-corrected chi connectivity index (χ0v) is 15.3. The van der Waals surface area contributed by atoms with Crippen molar-refractivity contribution < 1.29 is 13.6 Å². The molecular formula is C21H22FN3O2. The largest absolute Gasteiger partial charge is 0.467 e. The van der Waals surface area contributed by atoms with Gasteiger partial charge in [0.05, 0.1) is 18.5 Å². The Balaban J connectivity index is 1.71. The summed E-state index contributed by atoms with van der Waals surface area (Å²) < 4.78 is 20.5. The minimum Gasteiger partial charge on any atom is -0.467 e. The molecule has 1 aromatic carbocycles. The van der Waals surface area contributed by atoms with E-state index in [2.05, 4.69) is 5.10 Å². The smallest absolute Gasteiger partial charge is 0.274 e. The summed E-state index contributed by atoms with van der Waals surface area (Å²) in [5.41, 5.74) is 3.36. The van der Waals surface area contributed by atoms with E-state index in [4.69, 9.17) is 4.42 Å². The highest BCUT2D eigenvalue weighted by Gasteiger charge is 2.27. The second-order valence-corrected chi connectivity index (χ2v) is 6.96. The van der Waals surface area contributed by atoms with Crippen molar-refractivity contribution in [3.05, 3.63) is 71.2 Å². The molecule has 0 radical (unpaired) electrons. The molecule has 0 fully saturated rings. The van der Waals surface area contributed by atoms with Gasteiger partial charge in [0.1, 0.15) is 11.6 Å². The molecule has 140 valence electrons. The van der Waals surface area contributed by atoms with Crippen LogP contribution < -0.4 is 0 Å². The summed E-state index contributed by atoms with van der Waals surface area (Å²) in [5, 5.41) is 4.66. The average molecular weight is 367 g/mol. The lowest BCUT2D eigenvalue weighted by atomic mass is 10.1. The number of nitrogens with zero attached hydrogens (tertiary/aromatic N) is 3. The third-order valence-electron chi connectivity index (χ3n) is 5.02. The van der Waals surface area contributed by atoms with Gasteiger partial charge in [-0.3, -0.25) is 4.79 Å². The highest BCUT2D eigenvalue weighted by molar-refractivity contribution is 5.94.